The van der Waals surface area contributed by atoms with Crippen molar-refractivity contribution in [3.63, 3.8) is 0 Å². The number of hydrogen-bond acceptors (Lipinski definition) is 6. The van der Waals surface area contributed by atoms with Crippen molar-refractivity contribution in [1.82, 2.24) is 14.5 Å². The lowest BCUT2D eigenvalue weighted by molar-refractivity contribution is 0.102. The van der Waals surface area contributed by atoms with E-state index in [0.717, 1.165) is 28.5 Å². The number of aromatic nitrogens is 2. The van der Waals surface area contributed by atoms with Gasteiger partial charge in [0.15, 0.2) is 0 Å². The first-order chi connectivity index (χ1) is 16.4. The second-order valence-electron chi connectivity index (χ2n) is 8.12. The highest BCUT2D eigenvalue weighted by molar-refractivity contribution is 7.89. The van der Waals surface area contributed by atoms with Crippen molar-refractivity contribution in [3.05, 3.63) is 82.6 Å². The van der Waals surface area contributed by atoms with Crippen molar-refractivity contribution in [1.29, 1.82) is 0 Å². The molecule has 1 saturated heterocycles. The number of rotatable bonds is 5. The summed E-state index contributed by atoms with van der Waals surface area (Å²) in [6.07, 6.45) is 1.45. The smallest absolute Gasteiger partial charge is 0.286 e. The van der Waals surface area contributed by atoms with E-state index in [1.807, 2.05) is 30.3 Å². The lowest BCUT2D eigenvalue weighted by Gasteiger charge is -2.30. The zero-order valence-corrected chi connectivity index (χ0v) is 19.7. The van der Waals surface area contributed by atoms with E-state index in [4.69, 9.17) is 0 Å². The minimum absolute atomic E-state index is 0.145. The number of fused-ring (bicyclic) bond motifs is 1. The van der Waals surface area contributed by atoms with Gasteiger partial charge in [-0.3, -0.25) is 4.79 Å². The number of carbonyl (C=O) groups is 1. The van der Waals surface area contributed by atoms with Crippen LogP contribution in [0.3, 0.4) is 0 Å². The molecular formula is C24H21FN4O3S2. The van der Waals surface area contributed by atoms with Crippen LogP contribution in [0.4, 0.5) is 10.1 Å². The maximum Gasteiger partial charge on any atom is 0.286 e. The van der Waals surface area contributed by atoms with Crippen LogP contribution in [-0.2, 0) is 10.0 Å². The molecule has 0 saturated carbocycles. The fourth-order valence-corrected chi connectivity index (χ4v) is 6.47. The molecule has 1 aromatic heterocycles. The average Bonchev–Trinajstić information content (AvgIpc) is 3.36. The van der Waals surface area contributed by atoms with E-state index >= 15 is 0 Å². The molecule has 1 atom stereocenters. The third-order valence-electron chi connectivity index (χ3n) is 5.83. The standard InChI is InChI=1S/C24H21FN4O3S2/c25-19-8-10-20(11-9-19)26-22(30)24-28-27-23(33-24)18-6-3-13-29(15-18)34(31,32)21-12-7-16-4-1-2-5-17(16)14-21/h1-2,4-5,7-12,14,18H,3,6,13,15H2,(H,26,30). The van der Waals surface area contributed by atoms with E-state index in [-0.39, 0.29) is 22.4 Å². The maximum absolute atomic E-state index is 13.4. The third kappa shape index (κ3) is 4.56. The molecule has 1 N–H and O–H groups in total. The zero-order chi connectivity index (χ0) is 23.7. The Hall–Kier alpha value is -3.21. The summed E-state index contributed by atoms with van der Waals surface area (Å²) >= 11 is 1.15. The van der Waals surface area contributed by atoms with Crippen LogP contribution in [0.5, 0.6) is 0 Å². The Bertz CT molecular complexity index is 1450. The van der Waals surface area contributed by atoms with Crippen molar-refractivity contribution in [2.24, 2.45) is 0 Å². The van der Waals surface area contributed by atoms with Gasteiger partial charge in [-0.15, -0.1) is 10.2 Å². The minimum atomic E-state index is -3.67. The van der Waals surface area contributed by atoms with Crippen LogP contribution >= 0.6 is 11.3 Å². The van der Waals surface area contributed by atoms with E-state index in [1.54, 1.807) is 12.1 Å². The summed E-state index contributed by atoms with van der Waals surface area (Å²) in [5.41, 5.74) is 0.452. The van der Waals surface area contributed by atoms with Crippen LogP contribution in [0, 0.1) is 5.82 Å². The molecular weight excluding hydrogens is 475 g/mol. The normalized spacial score (nSPS) is 17.0. The highest BCUT2D eigenvalue weighted by Crippen LogP contribution is 2.32. The topological polar surface area (TPSA) is 92.3 Å². The summed E-state index contributed by atoms with van der Waals surface area (Å²) in [5.74, 6) is -0.975. The zero-order valence-electron chi connectivity index (χ0n) is 18.0. The monoisotopic (exact) mass is 496 g/mol. The first kappa shape index (κ1) is 22.6. The Kier molecular flexibility index (Phi) is 6.11. The highest BCUT2D eigenvalue weighted by atomic mass is 32.2. The summed E-state index contributed by atoms with van der Waals surface area (Å²) in [5, 5.41) is 13.5. The molecule has 2 heterocycles. The van der Waals surface area contributed by atoms with Gasteiger partial charge in [0.05, 0.1) is 4.90 Å². The quantitative estimate of drug-likeness (QED) is 0.434. The number of nitrogens with one attached hydrogen (secondary N) is 1. The number of amides is 1. The van der Waals surface area contributed by atoms with Gasteiger partial charge in [-0.05, 0) is 60.0 Å². The SMILES string of the molecule is O=C(Nc1ccc(F)cc1)c1nnc(C2CCCN(S(=O)(=O)c3ccc4ccccc4c3)C2)s1. The van der Waals surface area contributed by atoms with Crippen LogP contribution in [0.2, 0.25) is 0 Å². The number of sulfonamides is 1. The molecule has 1 amide bonds. The van der Waals surface area contributed by atoms with Crippen LogP contribution < -0.4 is 5.32 Å². The average molecular weight is 497 g/mol. The van der Waals surface area contributed by atoms with Gasteiger partial charge in [-0.1, -0.05) is 41.7 Å². The highest BCUT2D eigenvalue weighted by Gasteiger charge is 2.33. The van der Waals surface area contributed by atoms with E-state index < -0.39 is 21.7 Å². The van der Waals surface area contributed by atoms with Gasteiger partial charge in [-0.25, -0.2) is 12.8 Å². The van der Waals surface area contributed by atoms with Crippen LogP contribution in [-0.4, -0.2) is 41.9 Å². The van der Waals surface area contributed by atoms with Gasteiger partial charge >= 0.3 is 0 Å². The number of piperidine rings is 1. The molecule has 3 aromatic carbocycles. The molecule has 10 heteroatoms. The molecule has 1 unspecified atom stereocenters. The minimum Gasteiger partial charge on any atom is -0.320 e. The molecule has 0 radical (unpaired) electrons. The Morgan fingerprint density at radius 1 is 1.03 bits per heavy atom. The second-order valence-corrected chi connectivity index (χ2v) is 11.1. The van der Waals surface area contributed by atoms with Crippen molar-refractivity contribution in [3.8, 4) is 0 Å². The molecule has 0 aliphatic carbocycles. The van der Waals surface area contributed by atoms with Gasteiger partial charge in [0.2, 0.25) is 15.0 Å². The van der Waals surface area contributed by atoms with E-state index in [9.17, 15) is 17.6 Å². The van der Waals surface area contributed by atoms with Gasteiger partial charge in [-0.2, -0.15) is 4.31 Å². The second kappa shape index (κ2) is 9.21. The lowest BCUT2D eigenvalue weighted by Crippen LogP contribution is -2.39. The molecule has 7 nitrogen and oxygen atoms in total. The first-order valence-electron chi connectivity index (χ1n) is 10.8. The van der Waals surface area contributed by atoms with Gasteiger partial charge in [0.1, 0.15) is 10.8 Å². The van der Waals surface area contributed by atoms with Gasteiger partial charge in [0, 0.05) is 24.7 Å². The van der Waals surface area contributed by atoms with E-state index in [2.05, 4.69) is 15.5 Å². The summed E-state index contributed by atoms with van der Waals surface area (Å²) in [6.45, 7) is 0.714. The summed E-state index contributed by atoms with van der Waals surface area (Å²) in [4.78, 5) is 12.8. The summed E-state index contributed by atoms with van der Waals surface area (Å²) in [6, 6.07) is 18.3. The molecule has 174 valence electrons. The maximum atomic E-state index is 13.4. The molecule has 0 bridgehead atoms. The van der Waals surface area contributed by atoms with Crippen LogP contribution in [0.15, 0.2) is 71.6 Å². The number of halogens is 1. The first-order valence-corrected chi connectivity index (χ1v) is 13.0. The number of hydrogen-bond donors (Lipinski definition) is 1. The molecule has 4 aromatic rings. The molecule has 5 rings (SSSR count). The van der Waals surface area contributed by atoms with Crippen molar-refractivity contribution < 1.29 is 17.6 Å². The number of carbonyl (C=O) groups excluding carboxylic acids is 1. The predicted octanol–water partition coefficient (Wildman–Crippen LogP) is 4.65. The van der Waals surface area contributed by atoms with Crippen LogP contribution in [0.25, 0.3) is 10.8 Å². The number of nitrogens with zero attached hydrogens (tertiary/aromatic N) is 3. The van der Waals surface area contributed by atoms with Gasteiger partial charge in [0.25, 0.3) is 5.91 Å². The van der Waals surface area contributed by atoms with Gasteiger partial charge < -0.3 is 5.32 Å². The number of anilines is 1. The fourth-order valence-electron chi connectivity index (χ4n) is 4.05. The van der Waals surface area contributed by atoms with Crippen molar-refractivity contribution in [2.45, 2.75) is 23.7 Å². The molecule has 1 aliphatic rings. The Morgan fingerprint density at radius 3 is 2.59 bits per heavy atom. The number of benzene rings is 3. The predicted molar refractivity (Wildman–Crippen MR) is 129 cm³/mol. The molecule has 1 fully saturated rings. The Labute approximate surface area is 200 Å². The Balaban J connectivity index is 1.31. The van der Waals surface area contributed by atoms with Crippen molar-refractivity contribution >= 4 is 43.7 Å². The van der Waals surface area contributed by atoms with Crippen LogP contribution in [0.1, 0.15) is 33.6 Å². The van der Waals surface area contributed by atoms with E-state index in [1.165, 1.54) is 28.6 Å². The lowest BCUT2D eigenvalue weighted by atomic mass is 10.0. The fraction of sp³-hybridized carbons (Fsp3) is 0.208. The van der Waals surface area contributed by atoms with Crippen molar-refractivity contribution in [2.75, 3.05) is 18.4 Å². The molecule has 0 spiro atoms. The molecule has 1 aliphatic heterocycles. The third-order valence-corrected chi connectivity index (χ3v) is 8.77. The van der Waals surface area contributed by atoms with E-state index in [0.29, 0.717) is 23.7 Å². The molecule has 34 heavy (non-hydrogen) atoms. The largest absolute Gasteiger partial charge is 0.320 e. The summed E-state index contributed by atoms with van der Waals surface area (Å²) < 4.78 is 41.3. The Morgan fingerprint density at radius 2 is 1.79 bits per heavy atom. The summed E-state index contributed by atoms with van der Waals surface area (Å²) in [7, 11) is -3.67.